The Labute approximate surface area is 208 Å². The number of carbonyl (C=O) groups is 2. The van der Waals surface area contributed by atoms with Crippen LogP contribution in [0.25, 0.3) is 0 Å². The molecule has 2 atom stereocenters. The maximum Gasteiger partial charge on any atom is 0.244 e. The first kappa shape index (κ1) is 27.7. The van der Waals surface area contributed by atoms with E-state index >= 15 is 0 Å². The zero-order valence-electron chi connectivity index (χ0n) is 20.4. The molecule has 2 amide bonds. The Morgan fingerprint density at radius 1 is 1.03 bits per heavy atom. The van der Waals surface area contributed by atoms with E-state index in [0.29, 0.717) is 22.7 Å². The number of halogens is 1. The topological polar surface area (TPSA) is 86.8 Å². The molecule has 0 fully saturated rings. The summed E-state index contributed by atoms with van der Waals surface area (Å²) in [5.41, 5.74) is 1.73. The summed E-state index contributed by atoms with van der Waals surface area (Å²) in [6.45, 7) is 7.15. The molecule has 2 rings (SSSR count). The van der Waals surface area contributed by atoms with E-state index in [4.69, 9.17) is 11.6 Å². The summed E-state index contributed by atoms with van der Waals surface area (Å²) < 4.78 is 26.5. The van der Waals surface area contributed by atoms with Crippen LogP contribution in [0.1, 0.15) is 44.7 Å². The third-order valence-electron chi connectivity index (χ3n) is 5.77. The molecule has 0 aromatic heterocycles. The first-order valence-electron chi connectivity index (χ1n) is 11.4. The summed E-state index contributed by atoms with van der Waals surface area (Å²) in [7, 11) is -3.81. The van der Waals surface area contributed by atoms with Crippen molar-refractivity contribution in [2.75, 3.05) is 17.1 Å². The molecule has 34 heavy (non-hydrogen) atoms. The highest BCUT2D eigenvalue weighted by molar-refractivity contribution is 7.92. The van der Waals surface area contributed by atoms with Crippen molar-refractivity contribution in [3.05, 3.63) is 64.7 Å². The molecule has 0 aliphatic rings. The van der Waals surface area contributed by atoms with Gasteiger partial charge in [-0.05, 0) is 49.9 Å². The molecule has 0 aliphatic heterocycles. The minimum Gasteiger partial charge on any atom is -0.352 e. The summed E-state index contributed by atoms with van der Waals surface area (Å²) in [6, 6.07) is 13.5. The Morgan fingerprint density at radius 2 is 1.68 bits per heavy atom. The molecule has 7 nitrogen and oxygen atoms in total. The Kier molecular flexibility index (Phi) is 9.94. The Balaban J connectivity index is 2.46. The van der Waals surface area contributed by atoms with E-state index in [1.54, 1.807) is 25.1 Å². The molecule has 2 aromatic carbocycles. The lowest BCUT2D eigenvalue weighted by Gasteiger charge is -2.33. The summed E-state index contributed by atoms with van der Waals surface area (Å²) in [5, 5.41) is 3.35. The Morgan fingerprint density at radius 3 is 2.24 bits per heavy atom. The molecule has 0 bridgehead atoms. The van der Waals surface area contributed by atoms with Crippen molar-refractivity contribution in [2.24, 2.45) is 0 Å². The van der Waals surface area contributed by atoms with Crippen molar-refractivity contribution in [3.8, 4) is 0 Å². The quantitative estimate of drug-likeness (QED) is 0.495. The highest BCUT2D eigenvalue weighted by atomic mass is 35.5. The standard InChI is InChI=1S/C25H34ClN3O4S/c1-6-18(3)27-25(31)22(7-2)28(16-20-12-9-8-10-13-20)24(30)17-29(34(5,32)33)23-15-11-14-21(26)19(23)4/h8-15,18,22H,6-7,16-17H2,1-5H3,(H,27,31)/t18-,22+/m0/s1. The molecule has 0 radical (unpaired) electrons. The van der Waals surface area contributed by atoms with Crippen molar-refractivity contribution in [1.29, 1.82) is 0 Å². The van der Waals surface area contributed by atoms with E-state index < -0.39 is 28.5 Å². The van der Waals surface area contributed by atoms with E-state index in [1.165, 1.54) is 4.90 Å². The molecule has 2 aromatic rings. The van der Waals surface area contributed by atoms with Gasteiger partial charge in [0.1, 0.15) is 12.6 Å². The number of nitrogens with one attached hydrogen (secondary N) is 1. The number of carbonyl (C=O) groups excluding carboxylic acids is 2. The molecule has 0 saturated carbocycles. The lowest BCUT2D eigenvalue weighted by Crippen LogP contribution is -2.53. The number of hydrogen-bond acceptors (Lipinski definition) is 4. The lowest BCUT2D eigenvalue weighted by atomic mass is 10.1. The van der Waals surface area contributed by atoms with Crippen LogP contribution in [0.3, 0.4) is 0 Å². The largest absolute Gasteiger partial charge is 0.352 e. The molecule has 0 heterocycles. The van der Waals surface area contributed by atoms with Crippen molar-refractivity contribution in [1.82, 2.24) is 10.2 Å². The second-order valence-corrected chi connectivity index (χ2v) is 10.7. The average Bonchev–Trinajstić information content (AvgIpc) is 2.79. The Bertz CT molecular complexity index is 1090. The third-order valence-corrected chi connectivity index (χ3v) is 7.31. The monoisotopic (exact) mass is 507 g/mol. The predicted molar refractivity (Wildman–Crippen MR) is 137 cm³/mol. The van der Waals surface area contributed by atoms with E-state index in [9.17, 15) is 18.0 Å². The fourth-order valence-electron chi connectivity index (χ4n) is 3.60. The van der Waals surface area contributed by atoms with Gasteiger partial charge in [0, 0.05) is 17.6 Å². The molecular formula is C25H34ClN3O4S. The summed E-state index contributed by atoms with van der Waals surface area (Å²) in [5.74, 6) is -0.731. The smallest absolute Gasteiger partial charge is 0.244 e. The molecule has 0 spiro atoms. The summed E-state index contributed by atoms with van der Waals surface area (Å²) in [4.78, 5) is 28.2. The average molecular weight is 508 g/mol. The van der Waals surface area contributed by atoms with Gasteiger partial charge in [-0.3, -0.25) is 13.9 Å². The lowest BCUT2D eigenvalue weighted by molar-refractivity contribution is -0.140. The third kappa shape index (κ3) is 7.21. The number of amides is 2. The van der Waals surface area contributed by atoms with Crippen molar-refractivity contribution < 1.29 is 18.0 Å². The number of nitrogens with zero attached hydrogens (tertiary/aromatic N) is 2. The fraction of sp³-hybridized carbons (Fsp3) is 0.440. The molecule has 9 heteroatoms. The minimum atomic E-state index is -3.81. The Hall–Kier alpha value is -2.58. The van der Waals surface area contributed by atoms with Crippen LogP contribution >= 0.6 is 11.6 Å². The molecule has 186 valence electrons. The fourth-order valence-corrected chi connectivity index (χ4v) is 4.67. The van der Waals surface area contributed by atoms with Gasteiger partial charge >= 0.3 is 0 Å². The van der Waals surface area contributed by atoms with Gasteiger partial charge in [0.25, 0.3) is 0 Å². The molecule has 0 unspecified atom stereocenters. The van der Waals surface area contributed by atoms with Crippen molar-refractivity contribution >= 4 is 39.1 Å². The van der Waals surface area contributed by atoms with E-state index in [1.807, 2.05) is 51.1 Å². The normalized spacial score (nSPS) is 13.1. The molecule has 0 aliphatic carbocycles. The molecule has 0 saturated heterocycles. The van der Waals surface area contributed by atoms with Crippen LogP contribution in [-0.2, 0) is 26.2 Å². The van der Waals surface area contributed by atoms with Crippen LogP contribution in [0.2, 0.25) is 5.02 Å². The zero-order chi connectivity index (χ0) is 25.5. The van der Waals surface area contributed by atoms with Crippen LogP contribution in [0.15, 0.2) is 48.5 Å². The van der Waals surface area contributed by atoms with Gasteiger partial charge in [-0.15, -0.1) is 0 Å². The van der Waals surface area contributed by atoms with Crippen LogP contribution < -0.4 is 9.62 Å². The van der Waals surface area contributed by atoms with Gasteiger partial charge in [0.15, 0.2) is 0 Å². The second-order valence-electron chi connectivity index (χ2n) is 8.40. The maximum absolute atomic E-state index is 13.6. The number of benzene rings is 2. The first-order chi connectivity index (χ1) is 16.0. The van der Waals surface area contributed by atoms with Gasteiger partial charge in [-0.25, -0.2) is 8.42 Å². The number of rotatable bonds is 11. The zero-order valence-corrected chi connectivity index (χ0v) is 22.0. The maximum atomic E-state index is 13.6. The summed E-state index contributed by atoms with van der Waals surface area (Å²) >= 11 is 6.22. The van der Waals surface area contributed by atoms with Crippen LogP contribution in [0.5, 0.6) is 0 Å². The SMILES string of the molecule is CC[C@H](C(=O)N[C@@H](C)CC)N(Cc1ccccc1)C(=O)CN(c1cccc(Cl)c1C)S(C)(=O)=O. The van der Waals surface area contributed by atoms with Gasteiger partial charge in [-0.1, -0.05) is 61.8 Å². The van der Waals surface area contributed by atoms with Gasteiger partial charge in [0.05, 0.1) is 11.9 Å². The van der Waals surface area contributed by atoms with Gasteiger partial charge in [0.2, 0.25) is 21.8 Å². The highest BCUT2D eigenvalue weighted by Gasteiger charge is 2.32. The van der Waals surface area contributed by atoms with E-state index in [2.05, 4.69) is 5.32 Å². The van der Waals surface area contributed by atoms with Crippen molar-refractivity contribution in [3.63, 3.8) is 0 Å². The molecule has 1 N–H and O–H groups in total. The van der Waals surface area contributed by atoms with Gasteiger partial charge < -0.3 is 10.2 Å². The number of anilines is 1. The summed E-state index contributed by atoms with van der Waals surface area (Å²) in [6.07, 6.45) is 2.19. The predicted octanol–water partition coefficient (Wildman–Crippen LogP) is 4.14. The highest BCUT2D eigenvalue weighted by Crippen LogP contribution is 2.28. The van der Waals surface area contributed by atoms with Crippen LogP contribution in [-0.4, -0.2) is 50.0 Å². The minimum absolute atomic E-state index is 0.0446. The van der Waals surface area contributed by atoms with Crippen LogP contribution in [0, 0.1) is 6.92 Å². The van der Waals surface area contributed by atoms with E-state index in [0.717, 1.165) is 22.5 Å². The van der Waals surface area contributed by atoms with Gasteiger partial charge in [-0.2, -0.15) is 0 Å². The second kappa shape index (κ2) is 12.2. The van der Waals surface area contributed by atoms with E-state index in [-0.39, 0.29) is 18.5 Å². The van der Waals surface area contributed by atoms with Crippen molar-refractivity contribution in [2.45, 2.75) is 59.2 Å². The molecular weight excluding hydrogens is 474 g/mol. The first-order valence-corrected chi connectivity index (χ1v) is 13.6. The van der Waals surface area contributed by atoms with Crippen LogP contribution in [0.4, 0.5) is 5.69 Å². The number of hydrogen-bond donors (Lipinski definition) is 1. The number of sulfonamides is 1.